The van der Waals surface area contributed by atoms with Crippen LogP contribution in [0.15, 0.2) is 36.5 Å². The van der Waals surface area contributed by atoms with Gasteiger partial charge >= 0.3 is 0 Å². The van der Waals surface area contributed by atoms with Crippen LogP contribution < -0.4 is 5.32 Å². The third-order valence-electron chi connectivity index (χ3n) is 3.42. The predicted octanol–water partition coefficient (Wildman–Crippen LogP) is 1.69. The van der Waals surface area contributed by atoms with Gasteiger partial charge in [-0.2, -0.15) is 5.10 Å². The number of rotatable bonds is 5. The lowest BCUT2D eigenvalue weighted by atomic mass is 10.1. The fourth-order valence-corrected chi connectivity index (χ4v) is 2.42. The number of hydrogen-bond donors (Lipinski definition) is 1. The number of para-hydroxylation sites is 1. The van der Waals surface area contributed by atoms with Gasteiger partial charge in [-0.15, -0.1) is 0 Å². The molecule has 1 N–H and O–H groups in total. The van der Waals surface area contributed by atoms with Gasteiger partial charge in [-0.25, -0.2) is 9.97 Å². The molecule has 7 nitrogen and oxygen atoms in total. The van der Waals surface area contributed by atoms with Crippen LogP contribution in [-0.4, -0.2) is 32.8 Å². The van der Waals surface area contributed by atoms with E-state index in [0.29, 0.717) is 12.3 Å². The number of aromatic nitrogens is 4. The van der Waals surface area contributed by atoms with Gasteiger partial charge in [-0.3, -0.25) is 14.8 Å². The molecule has 1 aromatic carbocycles. The molecule has 118 valence electrons. The summed E-state index contributed by atoms with van der Waals surface area (Å²) in [4.78, 5) is 20.5. The molecule has 0 aliphatic rings. The zero-order valence-electron chi connectivity index (χ0n) is 13.0. The van der Waals surface area contributed by atoms with Crippen LogP contribution in [-0.2, 0) is 29.6 Å². The Kier molecular flexibility index (Phi) is 4.29. The standard InChI is InChI=1S/C16H17N5O2/c1-21-14-6-4-3-5-12(14)13(20-21)9-15(22)19-16-17-8-7-11(18-16)10-23-2/h3-8H,9-10H2,1-2H3,(H,17,18,19,22). The van der Waals surface area contributed by atoms with Gasteiger partial charge in [-0.05, 0) is 12.1 Å². The molecule has 0 spiro atoms. The summed E-state index contributed by atoms with van der Waals surface area (Å²) in [7, 11) is 3.45. The number of amides is 1. The molecule has 0 aliphatic heterocycles. The summed E-state index contributed by atoms with van der Waals surface area (Å²) < 4.78 is 6.79. The van der Waals surface area contributed by atoms with Crippen LogP contribution in [0.4, 0.5) is 5.95 Å². The Bertz CT molecular complexity index is 843. The molecule has 0 bridgehead atoms. The largest absolute Gasteiger partial charge is 0.378 e. The van der Waals surface area contributed by atoms with E-state index in [-0.39, 0.29) is 18.3 Å². The Morgan fingerprint density at radius 3 is 2.96 bits per heavy atom. The Morgan fingerprint density at radius 1 is 1.30 bits per heavy atom. The van der Waals surface area contributed by atoms with Gasteiger partial charge in [-0.1, -0.05) is 18.2 Å². The fraction of sp³-hybridized carbons (Fsp3) is 0.250. The number of fused-ring (bicyclic) bond motifs is 1. The van der Waals surface area contributed by atoms with Crippen molar-refractivity contribution < 1.29 is 9.53 Å². The summed E-state index contributed by atoms with van der Waals surface area (Å²) >= 11 is 0. The molecule has 0 radical (unpaired) electrons. The number of hydrogen-bond acceptors (Lipinski definition) is 5. The van der Waals surface area contributed by atoms with E-state index < -0.39 is 0 Å². The zero-order chi connectivity index (χ0) is 16.2. The SMILES string of the molecule is COCc1ccnc(NC(=O)Cc2nn(C)c3ccccc23)n1. The van der Waals surface area contributed by atoms with Crippen molar-refractivity contribution in [1.82, 2.24) is 19.7 Å². The van der Waals surface area contributed by atoms with E-state index in [1.807, 2.05) is 31.3 Å². The van der Waals surface area contributed by atoms with E-state index in [1.165, 1.54) is 0 Å². The first-order chi connectivity index (χ1) is 11.2. The van der Waals surface area contributed by atoms with Gasteiger partial charge in [0.05, 0.1) is 29.9 Å². The first-order valence-corrected chi connectivity index (χ1v) is 7.18. The minimum absolute atomic E-state index is 0.166. The normalized spacial score (nSPS) is 10.9. The molecule has 7 heteroatoms. The summed E-state index contributed by atoms with van der Waals surface area (Å²) in [5.74, 6) is 0.0632. The molecule has 0 saturated heterocycles. The molecular weight excluding hydrogens is 294 g/mol. The molecule has 3 rings (SSSR count). The van der Waals surface area contributed by atoms with E-state index in [1.54, 1.807) is 24.1 Å². The summed E-state index contributed by atoms with van der Waals surface area (Å²) in [5, 5.41) is 8.08. The third kappa shape index (κ3) is 3.35. The number of nitrogens with zero attached hydrogens (tertiary/aromatic N) is 4. The van der Waals surface area contributed by atoms with Crippen molar-refractivity contribution in [2.75, 3.05) is 12.4 Å². The van der Waals surface area contributed by atoms with Crippen molar-refractivity contribution in [3.8, 4) is 0 Å². The van der Waals surface area contributed by atoms with Crippen LogP contribution in [0.3, 0.4) is 0 Å². The number of methoxy groups -OCH3 is 1. The summed E-state index contributed by atoms with van der Waals surface area (Å²) in [5.41, 5.74) is 2.43. The summed E-state index contributed by atoms with van der Waals surface area (Å²) in [6, 6.07) is 9.55. The monoisotopic (exact) mass is 311 g/mol. The molecule has 0 unspecified atom stereocenters. The summed E-state index contributed by atoms with van der Waals surface area (Å²) in [6.45, 7) is 0.371. The number of carbonyl (C=O) groups is 1. The highest BCUT2D eigenvalue weighted by atomic mass is 16.5. The van der Waals surface area contributed by atoms with Gasteiger partial charge < -0.3 is 4.74 Å². The third-order valence-corrected chi connectivity index (χ3v) is 3.42. The second-order valence-corrected chi connectivity index (χ2v) is 5.12. The molecule has 0 atom stereocenters. The highest BCUT2D eigenvalue weighted by Crippen LogP contribution is 2.18. The quantitative estimate of drug-likeness (QED) is 0.775. The van der Waals surface area contributed by atoms with Crippen LogP contribution in [0.5, 0.6) is 0 Å². The van der Waals surface area contributed by atoms with Gasteiger partial charge in [0.1, 0.15) is 0 Å². The molecule has 2 aromatic heterocycles. The van der Waals surface area contributed by atoms with Crippen LogP contribution in [0, 0.1) is 0 Å². The van der Waals surface area contributed by atoms with E-state index >= 15 is 0 Å². The number of ether oxygens (including phenoxy) is 1. The number of nitrogens with one attached hydrogen (secondary N) is 1. The highest BCUT2D eigenvalue weighted by Gasteiger charge is 2.13. The van der Waals surface area contributed by atoms with Gasteiger partial charge in [0.2, 0.25) is 11.9 Å². The minimum atomic E-state index is -0.205. The molecule has 0 saturated carbocycles. The van der Waals surface area contributed by atoms with Crippen LogP contribution in [0.1, 0.15) is 11.4 Å². The fourth-order valence-electron chi connectivity index (χ4n) is 2.42. The minimum Gasteiger partial charge on any atom is -0.378 e. The van der Waals surface area contributed by atoms with E-state index in [0.717, 1.165) is 16.6 Å². The van der Waals surface area contributed by atoms with Crippen molar-refractivity contribution >= 4 is 22.8 Å². The number of anilines is 1. The average molecular weight is 311 g/mol. The first kappa shape index (κ1) is 15.1. The van der Waals surface area contributed by atoms with E-state index in [2.05, 4.69) is 20.4 Å². The van der Waals surface area contributed by atoms with Crippen molar-refractivity contribution in [1.29, 1.82) is 0 Å². The maximum Gasteiger partial charge on any atom is 0.232 e. The number of carbonyl (C=O) groups excluding carboxylic acids is 1. The molecule has 0 aliphatic carbocycles. The predicted molar refractivity (Wildman–Crippen MR) is 85.8 cm³/mol. The lowest BCUT2D eigenvalue weighted by Gasteiger charge is -2.04. The Labute approximate surface area is 133 Å². The first-order valence-electron chi connectivity index (χ1n) is 7.18. The van der Waals surface area contributed by atoms with Gasteiger partial charge in [0.25, 0.3) is 0 Å². The molecular formula is C16H17N5O2. The van der Waals surface area contributed by atoms with Crippen LogP contribution >= 0.6 is 0 Å². The molecule has 0 fully saturated rings. The van der Waals surface area contributed by atoms with Crippen molar-refractivity contribution in [3.63, 3.8) is 0 Å². The van der Waals surface area contributed by atoms with Gasteiger partial charge in [0, 0.05) is 25.7 Å². The number of benzene rings is 1. The van der Waals surface area contributed by atoms with Crippen LogP contribution in [0.25, 0.3) is 10.9 Å². The zero-order valence-corrected chi connectivity index (χ0v) is 13.0. The topological polar surface area (TPSA) is 81.9 Å². The van der Waals surface area contributed by atoms with Crippen molar-refractivity contribution in [2.24, 2.45) is 7.05 Å². The maximum absolute atomic E-state index is 12.2. The van der Waals surface area contributed by atoms with Crippen LogP contribution in [0.2, 0.25) is 0 Å². The second-order valence-electron chi connectivity index (χ2n) is 5.12. The summed E-state index contributed by atoms with van der Waals surface area (Å²) in [6.07, 6.45) is 1.76. The van der Waals surface area contributed by atoms with Gasteiger partial charge in [0.15, 0.2) is 0 Å². The van der Waals surface area contributed by atoms with E-state index in [4.69, 9.17) is 4.74 Å². The molecule has 2 heterocycles. The van der Waals surface area contributed by atoms with Crippen molar-refractivity contribution in [2.45, 2.75) is 13.0 Å². The highest BCUT2D eigenvalue weighted by molar-refractivity contribution is 5.93. The Balaban J connectivity index is 1.75. The van der Waals surface area contributed by atoms with E-state index in [9.17, 15) is 4.79 Å². The lowest BCUT2D eigenvalue weighted by Crippen LogP contribution is -2.17. The average Bonchev–Trinajstić information content (AvgIpc) is 2.85. The smallest absolute Gasteiger partial charge is 0.232 e. The number of aryl methyl sites for hydroxylation is 1. The maximum atomic E-state index is 12.2. The van der Waals surface area contributed by atoms with Crippen molar-refractivity contribution in [3.05, 3.63) is 47.9 Å². The Morgan fingerprint density at radius 2 is 2.13 bits per heavy atom. The lowest BCUT2D eigenvalue weighted by molar-refractivity contribution is -0.115. The Hall–Kier alpha value is -2.80. The molecule has 3 aromatic rings. The second kappa shape index (κ2) is 6.53. The molecule has 1 amide bonds. The molecule has 23 heavy (non-hydrogen) atoms.